The average molecular weight is 373 g/mol. The Morgan fingerprint density at radius 3 is 2.56 bits per heavy atom. The molecule has 5 nitrogen and oxygen atoms in total. The molecule has 148 valence electrons. The maximum Gasteiger partial charge on any atom is 0.297 e. The predicted molar refractivity (Wildman–Crippen MR) is 112 cm³/mol. The SMILES string of the molecule is CC=C(CC)Oc1c(O)c(=O)n(CCCCCCCC)c2cc(N)ccc12. The van der Waals surface area contributed by atoms with Crippen LogP contribution in [0.25, 0.3) is 10.9 Å². The Morgan fingerprint density at radius 1 is 1.19 bits per heavy atom. The van der Waals surface area contributed by atoms with Gasteiger partial charge >= 0.3 is 0 Å². The number of fused-ring (bicyclic) bond motifs is 1. The zero-order valence-corrected chi connectivity index (χ0v) is 16.8. The molecule has 0 amide bonds. The zero-order valence-electron chi connectivity index (χ0n) is 16.8. The first-order chi connectivity index (χ1) is 13.0. The summed E-state index contributed by atoms with van der Waals surface area (Å²) in [5, 5.41) is 11.2. The minimum absolute atomic E-state index is 0.212. The van der Waals surface area contributed by atoms with Crippen LogP contribution in [0.2, 0.25) is 0 Å². The van der Waals surface area contributed by atoms with E-state index in [9.17, 15) is 9.90 Å². The van der Waals surface area contributed by atoms with Gasteiger partial charge in [-0.05, 0) is 37.6 Å². The highest BCUT2D eigenvalue weighted by Crippen LogP contribution is 2.34. The number of hydrogen-bond acceptors (Lipinski definition) is 4. The fourth-order valence-corrected chi connectivity index (χ4v) is 3.27. The predicted octanol–water partition coefficient (Wildman–Crippen LogP) is 5.34. The van der Waals surface area contributed by atoms with Gasteiger partial charge in [-0.15, -0.1) is 0 Å². The fourth-order valence-electron chi connectivity index (χ4n) is 3.27. The molecule has 0 bridgehead atoms. The van der Waals surface area contributed by atoms with Crippen molar-refractivity contribution in [3.05, 3.63) is 40.4 Å². The summed E-state index contributed by atoms with van der Waals surface area (Å²) in [5.74, 6) is 0.576. The number of unbranched alkanes of at least 4 members (excludes halogenated alkanes) is 5. The van der Waals surface area contributed by atoms with E-state index in [1.165, 1.54) is 19.3 Å². The quantitative estimate of drug-likeness (QED) is 0.335. The number of anilines is 1. The Bertz CT molecular complexity index is 853. The number of ether oxygens (including phenoxy) is 1. The number of aromatic hydroxyl groups is 1. The van der Waals surface area contributed by atoms with Crippen LogP contribution in [0.3, 0.4) is 0 Å². The smallest absolute Gasteiger partial charge is 0.297 e. The zero-order chi connectivity index (χ0) is 19.8. The van der Waals surface area contributed by atoms with Crippen LogP contribution in [0, 0.1) is 0 Å². The molecule has 27 heavy (non-hydrogen) atoms. The second-order valence-corrected chi connectivity index (χ2v) is 6.89. The van der Waals surface area contributed by atoms with Crippen molar-refractivity contribution in [1.82, 2.24) is 4.57 Å². The lowest BCUT2D eigenvalue weighted by molar-refractivity contribution is 0.368. The van der Waals surface area contributed by atoms with Gasteiger partial charge in [0, 0.05) is 24.0 Å². The first kappa shape index (κ1) is 20.9. The van der Waals surface area contributed by atoms with Crippen LogP contribution in [-0.4, -0.2) is 9.67 Å². The molecule has 0 aliphatic rings. The lowest BCUT2D eigenvalue weighted by Gasteiger charge is -2.17. The average Bonchev–Trinajstić information content (AvgIpc) is 2.67. The van der Waals surface area contributed by atoms with E-state index in [1.807, 2.05) is 19.9 Å². The third-order valence-electron chi connectivity index (χ3n) is 4.86. The molecule has 0 aliphatic carbocycles. The van der Waals surface area contributed by atoms with Crippen molar-refractivity contribution in [3.63, 3.8) is 0 Å². The molecule has 0 saturated heterocycles. The molecule has 0 atom stereocenters. The number of nitrogen functional groups attached to an aromatic ring is 1. The molecule has 0 spiro atoms. The molecule has 1 aromatic carbocycles. The van der Waals surface area contributed by atoms with Gasteiger partial charge in [-0.25, -0.2) is 0 Å². The molecule has 0 aliphatic heterocycles. The van der Waals surface area contributed by atoms with Crippen molar-refractivity contribution < 1.29 is 9.84 Å². The summed E-state index contributed by atoms with van der Waals surface area (Å²) < 4.78 is 7.48. The van der Waals surface area contributed by atoms with Gasteiger partial charge in [-0.1, -0.05) is 46.0 Å². The molecule has 5 heteroatoms. The monoisotopic (exact) mass is 372 g/mol. The van der Waals surface area contributed by atoms with E-state index in [1.54, 1.807) is 22.8 Å². The van der Waals surface area contributed by atoms with E-state index in [2.05, 4.69) is 6.92 Å². The van der Waals surface area contributed by atoms with Crippen LogP contribution < -0.4 is 16.0 Å². The number of nitrogens with two attached hydrogens (primary N) is 1. The molecule has 0 unspecified atom stereocenters. The lowest BCUT2D eigenvalue weighted by atomic mass is 10.1. The number of aryl methyl sites for hydroxylation is 1. The van der Waals surface area contributed by atoms with Crippen molar-refractivity contribution in [3.8, 4) is 11.5 Å². The summed E-state index contributed by atoms with van der Waals surface area (Å²) in [6.07, 6.45) is 9.31. The van der Waals surface area contributed by atoms with E-state index in [0.717, 1.165) is 19.3 Å². The van der Waals surface area contributed by atoms with Crippen LogP contribution >= 0.6 is 0 Å². The molecule has 1 heterocycles. The van der Waals surface area contributed by atoms with Gasteiger partial charge in [0.05, 0.1) is 11.3 Å². The third-order valence-corrected chi connectivity index (χ3v) is 4.86. The number of benzene rings is 1. The summed E-state index contributed by atoms with van der Waals surface area (Å²) in [6, 6.07) is 5.34. The minimum Gasteiger partial charge on any atom is -0.500 e. The molecule has 2 aromatic rings. The summed E-state index contributed by atoms with van der Waals surface area (Å²) in [4.78, 5) is 12.8. The highest BCUT2D eigenvalue weighted by atomic mass is 16.5. The van der Waals surface area contributed by atoms with Crippen LogP contribution in [-0.2, 0) is 6.54 Å². The van der Waals surface area contributed by atoms with Crippen LogP contribution in [0.1, 0.15) is 65.7 Å². The normalized spacial score (nSPS) is 11.9. The maximum absolute atomic E-state index is 12.8. The van der Waals surface area contributed by atoms with E-state index in [-0.39, 0.29) is 11.5 Å². The second kappa shape index (κ2) is 10.0. The molecule has 0 fully saturated rings. The Hall–Kier alpha value is -2.43. The highest BCUT2D eigenvalue weighted by Gasteiger charge is 2.18. The third kappa shape index (κ3) is 5.06. The standard InChI is InChI=1S/C22H32N2O3/c1-4-7-8-9-10-11-14-24-19-15-16(23)12-13-18(19)21(20(25)22(24)26)27-17(5-2)6-3/h5,12-13,15,25H,4,6-11,14,23H2,1-3H3. The first-order valence-corrected chi connectivity index (χ1v) is 10.0. The molecule has 0 radical (unpaired) electrons. The summed E-state index contributed by atoms with van der Waals surface area (Å²) >= 11 is 0. The van der Waals surface area contributed by atoms with Gasteiger partial charge in [0.15, 0.2) is 5.75 Å². The van der Waals surface area contributed by atoms with Crippen LogP contribution in [0.5, 0.6) is 11.5 Å². The van der Waals surface area contributed by atoms with Gasteiger partial charge < -0.3 is 20.1 Å². The van der Waals surface area contributed by atoms with Crippen LogP contribution in [0.15, 0.2) is 34.8 Å². The minimum atomic E-state index is -0.428. The largest absolute Gasteiger partial charge is 0.500 e. The van der Waals surface area contributed by atoms with Gasteiger partial charge in [0.25, 0.3) is 5.56 Å². The highest BCUT2D eigenvalue weighted by molar-refractivity contribution is 5.90. The van der Waals surface area contributed by atoms with Gasteiger partial charge in [-0.2, -0.15) is 0 Å². The van der Waals surface area contributed by atoms with Crippen molar-refractivity contribution in [1.29, 1.82) is 0 Å². The van der Waals surface area contributed by atoms with Gasteiger partial charge in [0.1, 0.15) is 0 Å². The van der Waals surface area contributed by atoms with Gasteiger partial charge in [0.2, 0.25) is 5.75 Å². The number of pyridine rings is 1. The number of hydrogen-bond donors (Lipinski definition) is 2. The molecular formula is C22H32N2O3. The Kier molecular flexibility index (Phi) is 7.77. The summed E-state index contributed by atoms with van der Waals surface area (Å²) in [5.41, 5.74) is 6.82. The Labute approximate surface area is 161 Å². The lowest BCUT2D eigenvalue weighted by Crippen LogP contribution is -2.21. The first-order valence-electron chi connectivity index (χ1n) is 10.0. The van der Waals surface area contributed by atoms with Gasteiger partial charge in [-0.3, -0.25) is 4.79 Å². The molecule has 0 saturated carbocycles. The van der Waals surface area contributed by atoms with Crippen molar-refractivity contribution in [2.75, 3.05) is 5.73 Å². The van der Waals surface area contributed by atoms with Crippen LogP contribution in [0.4, 0.5) is 5.69 Å². The van der Waals surface area contributed by atoms with Crippen molar-refractivity contribution in [2.45, 2.75) is 72.3 Å². The number of nitrogens with zero attached hydrogens (tertiary/aromatic N) is 1. The number of allylic oxidation sites excluding steroid dienone is 2. The van der Waals surface area contributed by atoms with E-state index < -0.39 is 5.56 Å². The molecule has 1 aromatic heterocycles. The molecule has 2 rings (SSSR count). The summed E-state index contributed by atoms with van der Waals surface area (Å²) in [6.45, 7) is 6.59. The maximum atomic E-state index is 12.8. The van der Waals surface area contributed by atoms with E-state index >= 15 is 0 Å². The fraction of sp³-hybridized carbons (Fsp3) is 0.500. The molecule has 3 N–H and O–H groups in total. The van der Waals surface area contributed by atoms with E-state index in [0.29, 0.717) is 35.3 Å². The Balaban J connectivity index is 2.39. The topological polar surface area (TPSA) is 77.5 Å². The second-order valence-electron chi connectivity index (χ2n) is 6.89. The molecular weight excluding hydrogens is 340 g/mol. The Morgan fingerprint density at radius 2 is 1.89 bits per heavy atom. The van der Waals surface area contributed by atoms with Crippen molar-refractivity contribution in [2.24, 2.45) is 0 Å². The number of aromatic nitrogens is 1. The van der Waals surface area contributed by atoms with Crippen molar-refractivity contribution >= 4 is 16.6 Å². The number of rotatable bonds is 10. The van der Waals surface area contributed by atoms with E-state index in [4.69, 9.17) is 10.5 Å². The summed E-state index contributed by atoms with van der Waals surface area (Å²) in [7, 11) is 0.